The number of benzene rings is 1. The molecule has 2 aromatic rings. The molecule has 0 spiro atoms. The molecule has 0 aliphatic heterocycles. The van der Waals surface area contributed by atoms with Gasteiger partial charge in [-0.2, -0.15) is 0 Å². The third-order valence-corrected chi connectivity index (χ3v) is 2.81. The second kappa shape index (κ2) is 5.04. The summed E-state index contributed by atoms with van der Waals surface area (Å²) < 4.78 is 6.55. The van der Waals surface area contributed by atoms with Gasteiger partial charge in [0, 0.05) is 31.9 Å². The van der Waals surface area contributed by atoms with E-state index in [0.29, 0.717) is 13.0 Å². The molecular weight excluding hydrogens is 230 g/mol. The quantitative estimate of drug-likeness (QED) is 0.780. The number of carbonyl (C=O) groups excluding carboxylic acids is 2. The Balaban J connectivity index is 2.33. The molecule has 2 rings (SSSR count). The molecule has 4 nitrogen and oxygen atoms in total. The Morgan fingerprint density at radius 3 is 2.61 bits per heavy atom. The van der Waals surface area contributed by atoms with E-state index in [0.717, 1.165) is 16.5 Å². The summed E-state index contributed by atoms with van der Waals surface area (Å²) in [6.45, 7) is 3.25. The summed E-state index contributed by atoms with van der Waals surface area (Å²) in [5, 5.41) is 1.03. The molecular formula is C14H15NO3. The predicted molar refractivity (Wildman–Crippen MR) is 68.6 cm³/mol. The van der Waals surface area contributed by atoms with E-state index < -0.39 is 0 Å². The van der Waals surface area contributed by atoms with Gasteiger partial charge in [0.05, 0.1) is 12.1 Å². The average molecular weight is 245 g/mol. The molecule has 0 amide bonds. The first-order valence-corrected chi connectivity index (χ1v) is 5.83. The van der Waals surface area contributed by atoms with Crippen LogP contribution in [0.5, 0.6) is 0 Å². The van der Waals surface area contributed by atoms with Gasteiger partial charge in [0.15, 0.2) is 0 Å². The first kappa shape index (κ1) is 12.4. The fraction of sp³-hybridized carbons (Fsp3) is 0.286. The standard InChI is InChI=1S/C14H15NO3/c1-10(16)15-9-12(7-8-18-11(2)17)13-5-3-4-6-14(13)15/h3-6,9H,7-8H2,1-2H3. The van der Waals surface area contributed by atoms with Crippen LogP contribution in [-0.4, -0.2) is 23.1 Å². The van der Waals surface area contributed by atoms with Crippen molar-refractivity contribution in [2.24, 2.45) is 0 Å². The van der Waals surface area contributed by atoms with Gasteiger partial charge in [-0.25, -0.2) is 0 Å². The molecule has 18 heavy (non-hydrogen) atoms. The topological polar surface area (TPSA) is 48.3 Å². The van der Waals surface area contributed by atoms with E-state index in [1.807, 2.05) is 30.5 Å². The van der Waals surface area contributed by atoms with Crippen molar-refractivity contribution in [2.45, 2.75) is 20.3 Å². The number of hydrogen-bond acceptors (Lipinski definition) is 3. The van der Waals surface area contributed by atoms with Crippen LogP contribution in [0.1, 0.15) is 24.2 Å². The number of ether oxygens (including phenoxy) is 1. The molecule has 1 heterocycles. The van der Waals surface area contributed by atoms with Gasteiger partial charge in [0.2, 0.25) is 5.91 Å². The first-order valence-electron chi connectivity index (χ1n) is 5.83. The third kappa shape index (κ3) is 2.42. The van der Waals surface area contributed by atoms with Gasteiger partial charge in [-0.05, 0) is 11.6 Å². The van der Waals surface area contributed by atoms with E-state index in [-0.39, 0.29) is 11.9 Å². The molecule has 0 aliphatic rings. The van der Waals surface area contributed by atoms with Crippen LogP contribution in [-0.2, 0) is 16.0 Å². The molecule has 0 aliphatic carbocycles. The zero-order chi connectivity index (χ0) is 13.1. The van der Waals surface area contributed by atoms with Gasteiger partial charge < -0.3 is 4.74 Å². The fourth-order valence-electron chi connectivity index (χ4n) is 2.01. The zero-order valence-electron chi connectivity index (χ0n) is 10.5. The molecule has 0 N–H and O–H groups in total. The van der Waals surface area contributed by atoms with Crippen LogP contribution >= 0.6 is 0 Å². The lowest BCUT2D eigenvalue weighted by atomic mass is 10.1. The monoisotopic (exact) mass is 245 g/mol. The maximum atomic E-state index is 11.5. The lowest BCUT2D eigenvalue weighted by molar-refractivity contribution is -0.140. The van der Waals surface area contributed by atoms with E-state index in [9.17, 15) is 9.59 Å². The highest BCUT2D eigenvalue weighted by Gasteiger charge is 2.10. The van der Waals surface area contributed by atoms with Crippen LogP contribution in [0.4, 0.5) is 0 Å². The Morgan fingerprint density at radius 2 is 1.94 bits per heavy atom. The van der Waals surface area contributed by atoms with Crippen molar-refractivity contribution in [3.8, 4) is 0 Å². The number of esters is 1. The SMILES string of the molecule is CC(=O)OCCc1cn(C(C)=O)c2ccccc12. The number of aromatic nitrogens is 1. The molecule has 0 bridgehead atoms. The van der Waals surface area contributed by atoms with Gasteiger partial charge >= 0.3 is 5.97 Å². The summed E-state index contributed by atoms with van der Waals surface area (Å²) in [7, 11) is 0. The van der Waals surface area contributed by atoms with Crippen LogP contribution in [0.2, 0.25) is 0 Å². The smallest absolute Gasteiger partial charge is 0.302 e. The fourth-order valence-corrected chi connectivity index (χ4v) is 2.01. The minimum absolute atomic E-state index is 0.0232. The van der Waals surface area contributed by atoms with Crippen molar-refractivity contribution in [2.75, 3.05) is 6.61 Å². The molecule has 1 aromatic carbocycles. The zero-order valence-corrected chi connectivity index (χ0v) is 10.5. The molecule has 4 heteroatoms. The van der Waals surface area contributed by atoms with Crippen LogP contribution in [0.25, 0.3) is 10.9 Å². The van der Waals surface area contributed by atoms with Crippen molar-refractivity contribution >= 4 is 22.8 Å². The number of rotatable bonds is 3. The Hall–Kier alpha value is -2.10. The van der Waals surface area contributed by atoms with Crippen molar-refractivity contribution in [1.29, 1.82) is 0 Å². The molecule has 0 radical (unpaired) electrons. The predicted octanol–water partition coefficient (Wildman–Crippen LogP) is 2.41. The highest BCUT2D eigenvalue weighted by Crippen LogP contribution is 2.21. The normalized spacial score (nSPS) is 10.6. The summed E-state index contributed by atoms with van der Waals surface area (Å²) in [6, 6.07) is 7.71. The summed E-state index contributed by atoms with van der Waals surface area (Å²) in [5.41, 5.74) is 1.91. The van der Waals surface area contributed by atoms with Crippen molar-refractivity contribution in [3.63, 3.8) is 0 Å². The van der Waals surface area contributed by atoms with Crippen LogP contribution in [0.3, 0.4) is 0 Å². The average Bonchev–Trinajstić information content (AvgIpc) is 2.68. The lowest BCUT2D eigenvalue weighted by Gasteiger charge is -2.00. The Bertz CT molecular complexity index is 598. The van der Waals surface area contributed by atoms with Crippen LogP contribution < -0.4 is 0 Å². The maximum Gasteiger partial charge on any atom is 0.302 e. The molecule has 0 unspecified atom stereocenters. The van der Waals surface area contributed by atoms with Crippen molar-refractivity contribution in [1.82, 2.24) is 4.57 Å². The Morgan fingerprint density at radius 1 is 1.22 bits per heavy atom. The summed E-state index contributed by atoms with van der Waals surface area (Å²) in [6.07, 6.45) is 2.43. The van der Waals surface area contributed by atoms with E-state index >= 15 is 0 Å². The molecule has 1 aromatic heterocycles. The largest absolute Gasteiger partial charge is 0.466 e. The highest BCUT2D eigenvalue weighted by atomic mass is 16.5. The van der Waals surface area contributed by atoms with E-state index in [1.54, 1.807) is 4.57 Å². The van der Waals surface area contributed by atoms with Gasteiger partial charge in [0.25, 0.3) is 0 Å². The number of nitrogens with zero attached hydrogens (tertiary/aromatic N) is 1. The molecule has 0 atom stereocenters. The third-order valence-electron chi connectivity index (χ3n) is 2.81. The molecule has 94 valence electrons. The summed E-state index contributed by atoms with van der Waals surface area (Å²) in [4.78, 5) is 22.3. The van der Waals surface area contributed by atoms with Gasteiger partial charge in [-0.1, -0.05) is 18.2 Å². The highest BCUT2D eigenvalue weighted by molar-refractivity contribution is 5.93. The number of carbonyl (C=O) groups is 2. The van der Waals surface area contributed by atoms with Crippen molar-refractivity contribution < 1.29 is 14.3 Å². The summed E-state index contributed by atoms with van der Waals surface area (Å²) >= 11 is 0. The van der Waals surface area contributed by atoms with Crippen LogP contribution in [0.15, 0.2) is 30.5 Å². The number of para-hydroxylation sites is 1. The minimum atomic E-state index is -0.287. The van der Waals surface area contributed by atoms with Crippen molar-refractivity contribution in [3.05, 3.63) is 36.0 Å². The molecule has 0 fully saturated rings. The second-order valence-corrected chi connectivity index (χ2v) is 4.15. The van der Waals surface area contributed by atoms with Crippen LogP contribution in [0, 0.1) is 0 Å². The van der Waals surface area contributed by atoms with E-state index in [4.69, 9.17) is 4.74 Å². The van der Waals surface area contributed by atoms with E-state index in [2.05, 4.69) is 0 Å². The lowest BCUT2D eigenvalue weighted by Crippen LogP contribution is -2.04. The second-order valence-electron chi connectivity index (χ2n) is 4.15. The number of fused-ring (bicyclic) bond motifs is 1. The number of hydrogen-bond donors (Lipinski definition) is 0. The minimum Gasteiger partial charge on any atom is -0.466 e. The van der Waals surface area contributed by atoms with Gasteiger partial charge in [-0.3, -0.25) is 14.2 Å². The Labute approximate surface area is 105 Å². The molecule has 0 saturated heterocycles. The Kier molecular flexibility index (Phi) is 3.46. The molecule has 0 saturated carbocycles. The maximum absolute atomic E-state index is 11.5. The van der Waals surface area contributed by atoms with Gasteiger partial charge in [-0.15, -0.1) is 0 Å². The summed E-state index contributed by atoms with van der Waals surface area (Å²) in [5.74, 6) is -0.310. The van der Waals surface area contributed by atoms with E-state index in [1.165, 1.54) is 13.8 Å². The van der Waals surface area contributed by atoms with Gasteiger partial charge in [0.1, 0.15) is 0 Å². The first-order chi connectivity index (χ1) is 8.59.